The van der Waals surface area contributed by atoms with Gasteiger partial charge in [0.05, 0.1) is 30.4 Å². The van der Waals surface area contributed by atoms with E-state index in [1.54, 1.807) is 43.5 Å². The summed E-state index contributed by atoms with van der Waals surface area (Å²) in [5.41, 5.74) is 1.74. The number of aromatic nitrogens is 2. The van der Waals surface area contributed by atoms with Crippen LogP contribution in [0.4, 0.5) is 5.69 Å². The number of methoxy groups -OCH3 is 1. The highest BCUT2D eigenvalue weighted by Gasteiger charge is 2.20. The summed E-state index contributed by atoms with van der Waals surface area (Å²) < 4.78 is 23.0. The number of thioether (sulfide) groups is 1. The number of nitrogens with one attached hydrogen (secondary N) is 2. The van der Waals surface area contributed by atoms with E-state index in [0.717, 1.165) is 28.8 Å². The van der Waals surface area contributed by atoms with Crippen LogP contribution in [-0.4, -0.2) is 47.6 Å². The van der Waals surface area contributed by atoms with Gasteiger partial charge in [-0.1, -0.05) is 23.9 Å². The van der Waals surface area contributed by atoms with Crippen LogP contribution in [0.1, 0.15) is 25.3 Å². The molecule has 4 aromatic rings. The molecular formula is C31H32N4O7S. The standard InChI is InChI=1S/C31H32N4O7S/c1-3-40-23-12-8-21(9-13-23)33-29(37)18-43-31-34-25-16-27-26(41-19-42-27)15-24(25)30(38)35(31)14-4-5-28(36)32-17-20-6-10-22(39-2)11-7-20/h6-13,15-16H,3-5,14,17-19H2,1-2H3,(H,32,36)(H,33,37). The van der Waals surface area contributed by atoms with Crippen LogP contribution in [-0.2, 0) is 22.7 Å². The molecular weight excluding hydrogens is 572 g/mol. The molecule has 3 aromatic carbocycles. The van der Waals surface area contributed by atoms with Crippen molar-refractivity contribution < 1.29 is 28.5 Å². The maximum absolute atomic E-state index is 13.6. The van der Waals surface area contributed by atoms with Crippen molar-refractivity contribution in [2.24, 2.45) is 0 Å². The molecule has 43 heavy (non-hydrogen) atoms. The molecule has 1 aliphatic heterocycles. The summed E-state index contributed by atoms with van der Waals surface area (Å²) in [5, 5.41) is 6.50. The van der Waals surface area contributed by atoms with Crippen molar-refractivity contribution in [2.75, 3.05) is 31.6 Å². The second-order valence-corrected chi connectivity index (χ2v) is 10.5. The van der Waals surface area contributed by atoms with Crippen LogP contribution >= 0.6 is 11.8 Å². The number of hydrogen-bond donors (Lipinski definition) is 2. The minimum absolute atomic E-state index is 0.0259. The molecule has 0 radical (unpaired) electrons. The minimum atomic E-state index is -0.281. The second kappa shape index (κ2) is 14.0. The van der Waals surface area contributed by atoms with Gasteiger partial charge in [0.25, 0.3) is 5.56 Å². The molecule has 12 heteroatoms. The highest BCUT2D eigenvalue weighted by Crippen LogP contribution is 2.35. The van der Waals surface area contributed by atoms with Gasteiger partial charge in [0.2, 0.25) is 18.6 Å². The van der Waals surface area contributed by atoms with Crippen molar-refractivity contribution in [1.82, 2.24) is 14.9 Å². The summed E-state index contributed by atoms with van der Waals surface area (Å²) in [5.74, 6) is 2.09. The van der Waals surface area contributed by atoms with Gasteiger partial charge < -0.3 is 29.6 Å². The van der Waals surface area contributed by atoms with Crippen molar-refractivity contribution >= 4 is 40.2 Å². The van der Waals surface area contributed by atoms with Gasteiger partial charge in [-0.05, 0) is 61.4 Å². The Hall–Kier alpha value is -4.71. The van der Waals surface area contributed by atoms with Gasteiger partial charge in [0, 0.05) is 31.3 Å². The number of benzene rings is 3. The zero-order valence-corrected chi connectivity index (χ0v) is 24.7. The van der Waals surface area contributed by atoms with E-state index in [1.165, 1.54) is 4.57 Å². The highest BCUT2D eigenvalue weighted by molar-refractivity contribution is 7.99. The SMILES string of the molecule is CCOc1ccc(NC(=O)CSc2nc3cc4c(cc3c(=O)n2CCCC(=O)NCc2ccc(OC)cc2)OCO4)cc1. The number of carbonyl (C=O) groups excluding carboxylic acids is 2. The first-order valence-electron chi connectivity index (χ1n) is 13.8. The largest absolute Gasteiger partial charge is 0.497 e. The number of fused-ring (bicyclic) bond motifs is 2. The molecule has 2 amide bonds. The third-order valence-electron chi connectivity index (χ3n) is 6.63. The first kappa shape index (κ1) is 29.8. The number of nitrogens with zero attached hydrogens (tertiary/aromatic N) is 2. The van der Waals surface area contributed by atoms with E-state index in [9.17, 15) is 14.4 Å². The Labute approximate surface area is 252 Å². The molecule has 2 heterocycles. The Bertz CT molecular complexity index is 1660. The third-order valence-corrected chi connectivity index (χ3v) is 7.61. The van der Waals surface area contributed by atoms with Crippen molar-refractivity contribution in [3.05, 3.63) is 76.6 Å². The summed E-state index contributed by atoms with van der Waals surface area (Å²) in [6.07, 6.45) is 0.613. The topological polar surface area (TPSA) is 130 Å². The molecule has 5 rings (SSSR count). The van der Waals surface area contributed by atoms with E-state index in [0.29, 0.717) is 52.8 Å². The summed E-state index contributed by atoms with van der Waals surface area (Å²) in [7, 11) is 1.60. The van der Waals surface area contributed by atoms with Crippen LogP contribution in [0.2, 0.25) is 0 Å². The van der Waals surface area contributed by atoms with Crippen LogP contribution in [0.5, 0.6) is 23.0 Å². The lowest BCUT2D eigenvalue weighted by molar-refractivity contribution is -0.121. The predicted molar refractivity (Wildman–Crippen MR) is 163 cm³/mol. The van der Waals surface area contributed by atoms with Gasteiger partial charge in [-0.25, -0.2) is 4.98 Å². The number of rotatable bonds is 13. The van der Waals surface area contributed by atoms with E-state index in [4.69, 9.17) is 23.9 Å². The van der Waals surface area contributed by atoms with E-state index in [1.807, 2.05) is 31.2 Å². The maximum atomic E-state index is 13.6. The summed E-state index contributed by atoms with van der Waals surface area (Å²) in [6, 6.07) is 17.8. The third kappa shape index (κ3) is 7.58. The number of carbonyl (C=O) groups is 2. The fraction of sp³-hybridized carbons (Fsp3) is 0.290. The smallest absolute Gasteiger partial charge is 0.262 e. The Morgan fingerprint density at radius 2 is 1.72 bits per heavy atom. The molecule has 0 unspecified atom stereocenters. The summed E-state index contributed by atoms with van der Waals surface area (Å²) in [4.78, 5) is 43.6. The Morgan fingerprint density at radius 1 is 1.00 bits per heavy atom. The van der Waals surface area contributed by atoms with E-state index >= 15 is 0 Å². The molecule has 0 aliphatic carbocycles. The second-order valence-electron chi connectivity index (χ2n) is 9.60. The van der Waals surface area contributed by atoms with Crippen LogP contribution in [0.25, 0.3) is 10.9 Å². The molecule has 0 fully saturated rings. The lowest BCUT2D eigenvalue weighted by Crippen LogP contribution is -2.26. The van der Waals surface area contributed by atoms with Crippen molar-refractivity contribution in [3.8, 4) is 23.0 Å². The van der Waals surface area contributed by atoms with Crippen LogP contribution in [0.3, 0.4) is 0 Å². The molecule has 11 nitrogen and oxygen atoms in total. The van der Waals surface area contributed by atoms with Gasteiger partial charge in [-0.3, -0.25) is 19.0 Å². The number of amides is 2. The normalized spacial score (nSPS) is 11.8. The fourth-order valence-corrected chi connectivity index (χ4v) is 5.28. The quantitative estimate of drug-likeness (QED) is 0.169. The molecule has 1 aromatic heterocycles. The van der Waals surface area contributed by atoms with Crippen LogP contribution in [0, 0.1) is 0 Å². The van der Waals surface area contributed by atoms with Crippen LogP contribution < -0.4 is 35.1 Å². The van der Waals surface area contributed by atoms with Gasteiger partial charge in [-0.2, -0.15) is 0 Å². The van der Waals surface area contributed by atoms with Crippen LogP contribution in [0.15, 0.2) is 70.6 Å². The Morgan fingerprint density at radius 3 is 2.44 bits per heavy atom. The molecule has 0 atom stereocenters. The predicted octanol–water partition coefficient (Wildman–Crippen LogP) is 4.36. The molecule has 0 saturated heterocycles. The first-order valence-corrected chi connectivity index (χ1v) is 14.8. The van der Waals surface area contributed by atoms with Gasteiger partial charge >= 0.3 is 0 Å². The lowest BCUT2D eigenvalue weighted by atomic mass is 10.2. The Balaban J connectivity index is 1.26. The van der Waals surface area contributed by atoms with Gasteiger partial charge in [0.1, 0.15) is 11.5 Å². The maximum Gasteiger partial charge on any atom is 0.262 e. The number of anilines is 1. The summed E-state index contributed by atoms with van der Waals surface area (Å²) >= 11 is 1.15. The number of hydrogen-bond acceptors (Lipinski definition) is 9. The zero-order valence-electron chi connectivity index (χ0n) is 23.9. The molecule has 1 aliphatic rings. The molecule has 2 N–H and O–H groups in total. The first-order chi connectivity index (χ1) is 20.9. The summed E-state index contributed by atoms with van der Waals surface area (Å²) in [6.45, 7) is 3.16. The number of ether oxygens (including phenoxy) is 4. The van der Waals surface area contributed by atoms with Gasteiger partial charge in [0.15, 0.2) is 16.7 Å². The van der Waals surface area contributed by atoms with Crippen molar-refractivity contribution in [3.63, 3.8) is 0 Å². The minimum Gasteiger partial charge on any atom is -0.497 e. The molecule has 0 bridgehead atoms. The lowest BCUT2D eigenvalue weighted by Gasteiger charge is -2.14. The molecule has 224 valence electrons. The molecule has 0 saturated carbocycles. The average molecular weight is 605 g/mol. The fourth-order valence-electron chi connectivity index (χ4n) is 4.46. The van der Waals surface area contributed by atoms with Gasteiger partial charge in [-0.15, -0.1) is 0 Å². The van der Waals surface area contributed by atoms with Crippen molar-refractivity contribution in [2.45, 2.75) is 38.0 Å². The molecule has 0 spiro atoms. The zero-order chi connectivity index (χ0) is 30.2. The van der Waals surface area contributed by atoms with E-state index in [2.05, 4.69) is 10.6 Å². The monoisotopic (exact) mass is 604 g/mol. The van der Waals surface area contributed by atoms with Crippen molar-refractivity contribution in [1.29, 1.82) is 0 Å². The van der Waals surface area contributed by atoms with E-state index < -0.39 is 0 Å². The highest BCUT2D eigenvalue weighted by atomic mass is 32.2. The Kier molecular flexibility index (Phi) is 9.67. The van der Waals surface area contributed by atoms with E-state index in [-0.39, 0.29) is 42.9 Å². The average Bonchev–Trinajstić information content (AvgIpc) is 3.48.